The summed E-state index contributed by atoms with van der Waals surface area (Å²) in [5.74, 6) is 0.128. The van der Waals surface area contributed by atoms with Gasteiger partial charge in [0.2, 0.25) is 5.91 Å². The van der Waals surface area contributed by atoms with Crippen molar-refractivity contribution >= 4 is 29.9 Å². The van der Waals surface area contributed by atoms with Gasteiger partial charge in [0.05, 0.1) is 0 Å². The largest absolute Gasteiger partial charge is 0.336 e. The molecule has 1 aromatic rings. The Morgan fingerprint density at radius 2 is 1.96 bits per heavy atom. The minimum absolute atomic E-state index is 0. The molecule has 2 aliphatic rings. The topological polar surface area (TPSA) is 52.7 Å². The van der Waals surface area contributed by atoms with Gasteiger partial charge in [-0.05, 0) is 30.2 Å². The minimum atomic E-state index is 0. The summed E-state index contributed by atoms with van der Waals surface area (Å²) in [5, 5.41) is 2.85. The van der Waals surface area contributed by atoms with Crippen LogP contribution >= 0.6 is 12.4 Å². The second-order valence-electron chi connectivity index (χ2n) is 5.80. The van der Waals surface area contributed by atoms with Crippen molar-refractivity contribution in [1.29, 1.82) is 0 Å². The number of fused-ring (bicyclic) bond motifs is 1. The number of nitrogens with one attached hydrogen (secondary N) is 1. The van der Waals surface area contributed by atoms with E-state index in [1.165, 1.54) is 0 Å². The van der Waals surface area contributed by atoms with Crippen LogP contribution in [-0.2, 0) is 11.2 Å². The Morgan fingerprint density at radius 1 is 1.22 bits per heavy atom. The zero-order chi connectivity index (χ0) is 15.5. The lowest BCUT2D eigenvalue weighted by Gasteiger charge is -2.34. The molecule has 2 aliphatic heterocycles. The molecule has 1 N–H and O–H groups in total. The number of hydrogen-bond acceptors (Lipinski definition) is 3. The van der Waals surface area contributed by atoms with Crippen LogP contribution < -0.4 is 5.32 Å². The Balaban J connectivity index is 0.00000192. The van der Waals surface area contributed by atoms with Crippen LogP contribution in [0.5, 0.6) is 0 Å². The molecule has 0 saturated carbocycles. The molecule has 1 aromatic carbocycles. The summed E-state index contributed by atoms with van der Waals surface area (Å²) >= 11 is 0. The first-order valence-electron chi connectivity index (χ1n) is 7.72. The molecule has 0 aromatic heterocycles. The molecular formula is C17H22ClN3O2. The molecule has 2 heterocycles. The number of amides is 2. The maximum absolute atomic E-state index is 12.6. The SMILES string of the molecule is C=CCN1CCN(C(=O)c2ccc3c(c2)CCC(=O)N3)CC1.Cl. The predicted molar refractivity (Wildman–Crippen MR) is 93.2 cm³/mol. The monoisotopic (exact) mass is 335 g/mol. The Labute approximate surface area is 142 Å². The summed E-state index contributed by atoms with van der Waals surface area (Å²) in [4.78, 5) is 28.2. The van der Waals surface area contributed by atoms with Crippen molar-refractivity contribution < 1.29 is 9.59 Å². The van der Waals surface area contributed by atoms with Crippen LogP contribution in [0.1, 0.15) is 22.3 Å². The zero-order valence-electron chi connectivity index (χ0n) is 13.1. The van der Waals surface area contributed by atoms with E-state index in [1.54, 1.807) is 0 Å². The number of anilines is 1. The molecule has 0 aliphatic carbocycles. The molecule has 3 rings (SSSR count). The minimum Gasteiger partial charge on any atom is -0.336 e. The van der Waals surface area contributed by atoms with Crippen LogP contribution in [0.4, 0.5) is 5.69 Å². The van der Waals surface area contributed by atoms with Gasteiger partial charge < -0.3 is 10.2 Å². The van der Waals surface area contributed by atoms with Gasteiger partial charge in [0.25, 0.3) is 5.91 Å². The normalized spacial score (nSPS) is 17.7. The number of benzene rings is 1. The van der Waals surface area contributed by atoms with Gasteiger partial charge in [-0.2, -0.15) is 0 Å². The maximum atomic E-state index is 12.6. The molecule has 0 radical (unpaired) electrons. The summed E-state index contributed by atoms with van der Waals surface area (Å²) in [7, 11) is 0. The van der Waals surface area contributed by atoms with E-state index in [0.29, 0.717) is 18.4 Å². The van der Waals surface area contributed by atoms with E-state index in [4.69, 9.17) is 0 Å². The number of nitrogens with zero attached hydrogens (tertiary/aromatic N) is 2. The molecule has 1 fully saturated rings. The van der Waals surface area contributed by atoms with Crippen molar-refractivity contribution in [3.05, 3.63) is 42.0 Å². The summed E-state index contributed by atoms with van der Waals surface area (Å²) in [5.41, 5.74) is 2.60. The van der Waals surface area contributed by atoms with Gasteiger partial charge in [0.15, 0.2) is 0 Å². The van der Waals surface area contributed by atoms with E-state index >= 15 is 0 Å². The number of aryl methyl sites for hydroxylation is 1. The second-order valence-corrected chi connectivity index (χ2v) is 5.80. The van der Waals surface area contributed by atoms with Crippen LogP contribution in [0.25, 0.3) is 0 Å². The highest BCUT2D eigenvalue weighted by molar-refractivity contribution is 5.98. The number of halogens is 1. The highest BCUT2D eigenvalue weighted by Crippen LogP contribution is 2.24. The van der Waals surface area contributed by atoms with E-state index in [0.717, 1.165) is 44.0 Å². The Morgan fingerprint density at radius 3 is 2.65 bits per heavy atom. The Hall–Kier alpha value is -1.85. The van der Waals surface area contributed by atoms with Gasteiger partial charge in [-0.1, -0.05) is 6.08 Å². The zero-order valence-corrected chi connectivity index (χ0v) is 13.9. The molecule has 2 amide bonds. The van der Waals surface area contributed by atoms with E-state index < -0.39 is 0 Å². The highest BCUT2D eigenvalue weighted by Gasteiger charge is 2.23. The average molecular weight is 336 g/mol. The molecule has 5 nitrogen and oxygen atoms in total. The van der Waals surface area contributed by atoms with Crippen molar-refractivity contribution in [2.75, 3.05) is 38.0 Å². The Kier molecular flexibility index (Phi) is 5.80. The van der Waals surface area contributed by atoms with Gasteiger partial charge in [-0.3, -0.25) is 14.5 Å². The van der Waals surface area contributed by atoms with Gasteiger partial charge in [-0.25, -0.2) is 0 Å². The van der Waals surface area contributed by atoms with Crippen LogP contribution in [0.15, 0.2) is 30.9 Å². The third kappa shape index (κ3) is 3.92. The van der Waals surface area contributed by atoms with E-state index in [1.807, 2.05) is 29.2 Å². The lowest BCUT2D eigenvalue weighted by molar-refractivity contribution is -0.116. The third-order valence-corrected chi connectivity index (χ3v) is 4.29. The number of carbonyl (C=O) groups excluding carboxylic acids is 2. The summed E-state index contributed by atoms with van der Waals surface area (Å²) in [6, 6.07) is 5.57. The van der Waals surface area contributed by atoms with Crippen molar-refractivity contribution in [3.8, 4) is 0 Å². The lowest BCUT2D eigenvalue weighted by atomic mass is 10.00. The molecule has 0 atom stereocenters. The van der Waals surface area contributed by atoms with Gasteiger partial charge >= 0.3 is 0 Å². The molecular weight excluding hydrogens is 314 g/mol. The number of carbonyl (C=O) groups is 2. The molecule has 124 valence electrons. The van der Waals surface area contributed by atoms with E-state index in [-0.39, 0.29) is 24.2 Å². The highest BCUT2D eigenvalue weighted by atomic mass is 35.5. The molecule has 23 heavy (non-hydrogen) atoms. The van der Waals surface area contributed by atoms with Crippen molar-refractivity contribution in [2.24, 2.45) is 0 Å². The third-order valence-electron chi connectivity index (χ3n) is 4.29. The first kappa shape index (κ1) is 17.5. The lowest BCUT2D eigenvalue weighted by Crippen LogP contribution is -2.48. The fraction of sp³-hybridized carbons (Fsp3) is 0.412. The average Bonchev–Trinajstić information content (AvgIpc) is 2.55. The fourth-order valence-electron chi connectivity index (χ4n) is 3.02. The van der Waals surface area contributed by atoms with E-state index in [9.17, 15) is 9.59 Å². The molecule has 0 spiro atoms. The quantitative estimate of drug-likeness (QED) is 0.859. The van der Waals surface area contributed by atoms with Crippen LogP contribution in [0.3, 0.4) is 0 Å². The molecule has 6 heteroatoms. The van der Waals surface area contributed by atoms with Gasteiger partial charge in [0.1, 0.15) is 0 Å². The van der Waals surface area contributed by atoms with Gasteiger partial charge in [-0.15, -0.1) is 19.0 Å². The molecule has 1 saturated heterocycles. The fourth-order valence-corrected chi connectivity index (χ4v) is 3.02. The van der Waals surface area contributed by atoms with Crippen LogP contribution in [0, 0.1) is 0 Å². The number of piperazine rings is 1. The number of hydrogen-bond donors (Lipinski definition) is 1. The van der Waals surface area contributed by atoms with E-state index in [2.05, 4.69) is 16.8 Å². The predicted octanol–water partition coefficient (Wildman–Crippen LogP) is 1.94. The standard InChI is InChI=1S/C17H21N3O2.ClH/c1-2-7-19-8-10-20(11-9-19)17(22)14-3-5-15-13(12-14)4-6-16(21)18-15;/h2-3,5,12H,1,4,6-11H2,(H,18,21);1H. The van der Waals surface area contributed by atoms with Crippen molar-refractivity contribution in [3.63, 3.8) is 0 Å². The Bertz CT molecular complexity index is 610. The second kappa shape index (κ2) is 7.62. The maximum Gasteiger partial charge on any atom is 0.253 e. The molecule has 0 unspecified atom stereocenters. The first-order valence-corrected chi connectivity index (χ1v) is 7.72. The van der Waals surface area contributed by atoms with Crippen LogP contribution in [-0.4, -0.2) is 54.3 Å². The number of rotatable bonds is 3. The summed E-state index contributed by atoms with van der Waals surface area (Å²) in [6.45, 7) is 7.90. The van der Waals surface area contributed by atoms with Crippen molar-refractivity contribution in [2.45, 2.75) is 12.8 Å². The van der Waals surface area contributed by atoms with Crippen molar-refractivity contribution in [1.82, 2.24) is 9.80 Å². The van der Waals surface area contributed by atoms with Crippen LogP contribution in [0.2, 0.25) is 0 Å². The smallest absolute Gasteiger partial charge is 0.253 e. The summed E-state index contributed by atoms with van der Waals surface area (Å²) in [6.07, 6.45) is 3.09. The van der Waals surface area contributed by atoms with Gasteiger partial charge in [0, 0.05) is 50.4 Å². The first-order chi connectivity index (χ1) is 10.7. The molecule has 0 bridgehead atoms. The summed E-state index contributed by atoms with van der Waals surface area (Å²) < 4.78 is 0.